The number of para-hydroxylation sites is 1. The van der Waals surface area contributed by atoms with Crippen LogP contribution in [0, 0.1) is 5.41 Å². The van der Waals surface area contributed by atoms with Crippen molar-refractivity contribution in [3.63, 3.8) is 0 Å². The SMILES string of the molecule is N=C1CCn2c(=O)[nH]c3cccc(c32)C1=O.[HH].[HH]. The summed E-state index contributed by atoms with van der Waals surface area (Å²) in [7, 11) is 0. The van der Waals surface area contributed by atoms with Crippen molar-refractivity contribution in [3.05, 3.63) is 34.2 Å². The van der Waals surface area contributed by atoms with Crippen LogP contribution in [0.5, 0.6) is 0 Å². The van der Waals surface area contributed by atoms with E-state index < -0.39 is 0 Å². The van der Waals surface area contributed by atoms with Gasteiger partial charge in [-0.15, -0.1) is 0 Å². The van der Waals surface area contributed by atoms with E-state index >= 15 is 0 Å². The summed E-state index contributed by atoms with van der Waals surface area (Å²) in [5.74, 6) is -0.282. The van der Waals surface area contributed by atoms with Crippen LogP contribution in [0.2, 0.25) is 0 Å². The average molecular weight is 219 g/mol. The van der Waals surface area contributed by atoms with Gasteiger partial charge < -0.3 is 10.4 Å². The first kappa shape index (κ1) is 9.08. The van der Waals surface area contributed by atoms with Crippen molar-refractivity contribution in [1.29, 1.82) is 5.41 Å². The highest BCUT2D eigenvalue weighted by Crippen LogP contribution is 2.20. The van der Waals surface area contributed by atoms with Crippen LogP contribution in [0.1, 0.15) is 19.6 Å². The fourth-order valence-electron chi connectivity index (χ4n) is 2.12. The maximum absolute atomic E-state index is 11.9. The number of nitrogens with zero attached hydrogens (tertiary/aromatic N) is 1. The minimum atomic E-state index is -0.282. The highest BCUT2D eigenvalue weighted by atomic mass is 16.1. The zero-order valence-corrected chi connectivity index (χ0v) is 8.41. The summed E-state index contributed by atoms with van der Waals surface area (Å²) in [4.78, 5) is 26.2. The quantitative estimate of drug-likeness (QED) is 0.703. The second-order valence-electron chi connectivity index (χ2n) is 3.84. The van der Waals surface area contributed by atoms with Crippen molar-refractivity contribution in [2.75, 3.05) is 0 Å². The molecule has 2 N–H and O–H groups in total. The van der Waals surface area contributed by atoms with Crippen LogP contribution >= 0.6 is 0 Å². The molecule has 0 fully saturated rings. The maximum atomic E-state index is 11.9. The number of nitrogens with one attached hydrogen (secondary N) is 2. The van der Waals surface area contributed by atoms with Crippen molar-refractivity contribution < 1.29 is 7.65 Å². The smallest absolute Gasteiger partial charge is 0.306 e. The monoisotopic (exact) mass is 219 g/mol. The molecule has 1 aliphatic rings. The molecule has 1 aromatic carbocycles. The number of carbonyl (C=O) groups excluding carboxylic acids is 1. The Hall–Kier alpha value is -2.17. The third kappa shape index (κ3) is 1.02. The average Bonchev–Trinajstić information content (AvgIpc) is 2.53. The van der Waals surface area contributed by atoms with Crippen molar-refractivity contribution in [3.8, 4) is 0 Å². The Morgan fingerprint density at radius 1 is 1.38 bits per heavy atom. The molecule has 0 radical (unpaired) electrons. The van der Waals surface area contributed by atoms with E-state index in [0.29, 0.717) is 29.6 Å². The van der Waals surface area contributed by atoms with Gasteiger partial charge in [0.05, 0.1) is 16.7 Å². The number of carbonyl (C=O) groups is 1. The van der Waals surface area contributed by atoms with E-state index in [-0.39, 0.29) is 20.0 Å². The predicted molar refractivity (Wildman–Crippen MR) is 63.5 cm³/mol. The molecule has 0 aliphatic carbocycles. The van der Waals surface area contributed by atoms with Gasteiger partial charge in [0.1, 0.15) is 0 Å². The number of aromatic amines is 1. The van der Waals surface area contributed by atoms with Crippen LogP contribution in [0.4, 0.5) is 0 Å². The van der Waals surface area contributed by atoms with Gasteiger partial charge in [-0.25, -0.2) is 4.79 Å². The van der Waals surface area contributed by atoms with E-state index in [1.807, 2.05) is 0 Å². The molecule has 1 aliphatic heterocycles. The van der Waals surface area contributed by atoms with Gasteiger partial charge in [0.25, 0.3) is 0 Å². The van der Waals surface area contributed by atoms with Gasteiger partial charge in [-0.1, -0.05) is 6.07 Å². The molecule has 0 unspecified atom stereocenters. The van der Waals surface area contributed by atoms with Gasteiger partial charge in [-0.2, -0.15) is 0 Å². The molecule has 0 spiro atoms. The number of imidazole rings is 1. The molecule has 0 atom stereocenters. The van der Waals surface area contributed by atoms with Crippen LogP contribution < -0.4 is 5.69 Å². The topological polar surface area (TPSA) is 78.7 Å². The summed E-state index contributed by atoms with van der Waals surface area (Å²) in [6.07, 6.45) is 0.306. The van der Waals surface area contributed by atoms with Crippen LogP contribution in [-0.2, 0) is 6.54 Å². The van der Waals surface area contributed by atoms with E-state index in [0.717, 1.165) is 0 Å². The third-order valence-electron chi connectivity index (χ3n) is 2.90. The zero-order valence-electron chi connectivity index (χ0n) is 8.41. The van der Waals surface area contributed by atoms with E-state index in [9.17, 15) is 9.59 Å². The molecule has 84 valence electrons. The molecular weight excluding hydrogens is 206 g/mol. The lowest BCUT2D eigenvalue weighted by atomic mass is 10.1. The summed E-state index contributed by atoms with van der Waals surface area (Å²) < 4.78 is 1.53. The van der Waals surface area contributed by atoms with E-state index in [1.165, 1.54) is 4.57 Å². The normalized spacial score (nSPS) is 15.5. The molecule has 0 bridgehead atoms. The summed E-state index contributed by atoms with van der Waals surface area (Å²) in [6, 6.07) is 5.14. The van der Waals surface area contributed by atoms with E-state index in [4.69, 9.17) is 5.41 Å². The summed E-state index contributed by atoms with van der Waals surface area (Å²) in [5.41, 5.74) is 1.57. The summed E-state index contributed by atoms with van der Waals surface area (Å²) in [5, 5.41) is 7.61. The number of rotatable bonds is 0. The number of H-pyrrole nitrogens is 1. The number of hydrogen-bond acceptors (Lipinski definition) is 3. The Kier molecular flexibility index (Phi) is 1.65. The van der Waals surface area contributed by atoms with Crippen molar-refractivity contribution in [2.24, 2.45) is 0 Å². The first-order valence-electron chi connectivity index (χ1n) is 5.02. The Morgan fingerprint density at radius 3 is 3.00 bits per heavy atom. The molecule has 1 aromatic heterocycles. The Labute approximate surface area is 93.2 Å². The lowest BCUT2D eigenvalue weighted by Gasteiger charge is -1.99. The van der Waals surface area contributed by atoms with Gasteiger partial charge in [-0.3, -0.25) is 9.36 Å². The first-order valence-corrected chi connectivity index (χ1v) is 5.02. The van der Waals surface area contributed by atoms with Crippen LogP contribution in [-0.4, -0.2) is 21.0 Å². The lowest BCUT2D eigenvalue weighted by Crippen LogP contribution is -2.17. The zero-order chi connectivity index (χ0) is 11.3. The molecule has 0 amide bonds. The molecule has 2 heterocycles. The van der Waals surface area contributed by atoms with Crippen LogP contribution in [0.3, 0.4) is 0 Å². The van der Waals surface area contributed by atoms with Gasteiger partial charge in [0.2, 0.25) is 5.78 Å². The van der Waals surface area contributed by atoms with Crippen molar-refractivity contribution in [1.82, 2.24) is 9.55 Å². The number of benzene rings is 1. The second-order valence-corrected chi connectivity index (χ2v) is 3.84. The largest absolute Gasteiger partial charge is 0.326 e. The Morgan fingerprint density at radius 2 is 2.19 bits per heavy atom. The van der Waals surface area contributed by atoms with Gasteiger partial charge >= 0.3 is 5.69 Å². The first-order chi connectivity index (χ1) is 7.68. The third-order valence-corrected chi connectivity index (χ3v) is 2.90. The van der Waals surface area contributed by atoms with E-state index in [1.54, 1.807) is 18.2 Å². The summed E-state index contributed by atoms with van der Waals surface area (Å²) in [6.45, 7) is 0.389. The Bertz CT molecular complexity index is 687. The predicted octanol–water partition coefficient (Wildman–Crippen LogP) is 1.43. The lowest BCUT2D eigenvalue weighted by molar-refractivity contribution is 0.106. The van der Waals surface area contributed by atoms with Gasteiger partial charge in [-0.05, 0) is 12.1 Å². The summed E-state index contributed by atoms with van der Waals surface area (Å²) >= 11 is 0. The minimum Gasteiger partial charge on any atom is -0.306 e. The molecular formula is C11H13N3O2. The second kappa shape index (κ2) is 2.91. The fourth-order valence-corrected chi connectivity index (χ4v) is 2.12. The molecule has 5 heteroatoms. The molecule has 0 saturated carbocycles. The molecule has 0 saturated heterocycles. The number of aryl methyl sites for hydroxylation is 1. The van der Waals surface area contributed by atoms with Gasteiger partial charge in [0.15, 0.2) is 0 Å². The number of aromatic nitrogens is 2. The molecule has 5 nitrogen and oxygen atoms in total. The molecule has 2 aromatic rings. The number of ketones is 1. The highest BCUT2D eigenvalue weighted by molar-refractivity contribution is 6.46. The fraction of sp³-hybridized carbons (Fsp3) is 0.182. The molecule has 3 rings (SSSR count). The van der Waals surface area contributed by atoms with Gasteiger partial charge in [0, 0.05) is 21.4 Å². The minimum absolute atomic E-state index is 0. The van der Waals surface area contributed by atoms with Crippen LogP contribution in [0.25, 0.3) is 11.0 Å². The standard InChI is InChI=1S/C11H9N3O2.2H2/c12-7-4-5-14-9-6(10(7)15)2-1-3-8(9)13-11(14)16;;/h1-3,12H,4-5H2,(H,13,16);2*1H. The number of hydrogen-bond donors (Lipinski definition) is 2. The maximum Gasteiger partial charge on any atom is 0.326 e. The number of Topliss-reactive ketones (excluding diaryl/α,β-unsaturated/α-hetero) is 1. The van der Waals surface area contributed by atoms with Crippen molar-refractivity contribution >= 4 is 22.5 Å². The molecule has 16 heavy (non-hydrogen) atoms. The highest BCUT2D eigenvalue weighted by Gasteiger charge is 2.22. The van der Waals surface area contributed by atoms with Crippen LogP contribution in [0.15, 0.2) is 23.0 Å². The van der Waals surface area contributed by atoms with E-state index in [2.05, 4.69) is 4.98 Å². The van der Waals surface area contributed by atoms with Crippen molar-refractivity contribution in [2.45, 2.75) is 13.0 Å². The Balaban J connectivity index is 0.000000810.